The van der Waals surface area contributed by atoms with E-state index in [0.717, 1.165) is 0 Å². The lowest BCUT2D eigenvalue weighted by atomic mass is 9.74. The van der Waals surface area contributed by atoms with Crippen molar-refractivity contribution >= 4 is 41.0 Å². The number of cyclic esters (lactones) is 1. The average molecular weight is 678 g/mol. The topological polar surface area (TPSA) is 135 Å². The standard InChI is InChI=1S/C36H40ClN3O8/c1-46-22-26-31(23-10-4-2-5-11-23)47-35(45)29-27-17-18-36(48-27)30(29)33(43)40(20-8-9-21-41)32(36)34(44)39(25-15-13-24(37)14-16-25)19-7-3-6-12-28(42)38-26/h2-5,7,10-11,13-18,26-27,29-32,41H,6,8-9,12,19-22H2,1H3,(H,38,42)/b7-3-/t26-,27+,29-,30-,31-,32+,36-/m0/s1. The van der Waals surface area contributed by atoms with Gasteiger partial charge in [-0.15, -0.1) is 0 Å². The number of nitrogens with zero attached hydrogens (tertiary/aromatic N) is 2. The van der Waals surface area contributed by atoms with Crippen LogP contribution in [0.4, 0.5) is 5.69 Å². The molecule has 254 valence electrons. The summed E-state index contributed by atoms with van der Waals surface area (Å²) in [4.78, 5) is 59.7. The molecule has 0 aromatic heterocycles. The number of carbonyl (C=O) groups is 4. The molecule has 2 N–H and O–H groups in total. The second-order valence-corrected chi connectivity index (χ2v) is 12.9. The third-order valence-corrected chi connectivity index (χ3v) is 9.77. The number of carbonyl (C=O) groups excluding carboxylic acids is 4. The number of amides is 3. The molecular weight excluding hydrogens is 638 g/mol. The van der Waals surface area contributed by atoms with Gasteiger partial charge in [-0.3, -0.25) is 19.2 Å². The number of esters is 1. The number of allylic oxidation sites excluding steroid dienone is 1. The molecule has 4 heterocycles. The Morgan fingerprint density at radius 1 is 1.02 bits per heavy atom. The van der Waals surface area contributed by atoms with E-state index in [4.69, 9.17) is 25.8 Å². The van der Waals surface area contributed by atoms with Crippen LogP contribution in [-0.4, -0.2) is 90.9 Å². The van der Waals surface area contributed by atoms with E-state index < -0.39 is 47.7 Å². The number of aliphatic hydroxyl groups is 1. The Morgan fingerprint density at radius 2 is 1.79 bits per heavy atom. The maximum atomic E-state index is 14.8. The molecule has 5 bridgehead atoms. The van der Waals surface area contributed by atoms with Crippen molar-refractivity contribution in [3.8, 4) is 0 Å². The summed E-state index contributed by atoms with van der Waals surface area (Å²) >= 11 is 6.18. The van der Waals surface area contributed by atoms with Crippen molar-refractivity contribution in [2.45, 2.75) is 55.6 Å². The number of aliphatic hydroxyl groups excluding tert-OH is 1. The number of halogens is 1. The maximum absolute atomic E-state index is 14.8. The molecule has 3 amide bonds. The molecule has 12 heteroatoms. The Hall–Kier alpha value is -4.03. The minimum Gasteiger partial charge on any atom is -0.455 e. The lowest BCUT2D eigenvalue weighted by Crippen LogP contribution is -2.56. The predicted octanol–water partition coefficient (Wildman–Crippen LogP) is 3.36. The molecular formula is C36H40ClN3O8. The van der Waals surface area contributed by atoms with Gasteiger partial charge in [0.2, 0.25) is 11.8 Å². The van der Waals surface area contributed by atoms with Gasteiger partial charge in [-0.1, -0.05) is 66.2 Å². The molecule has 2 fully saturated rings. The maximum Gasteiger partial charge on any atom is 0.313 e. The molecule has 2 aromatic rings. The number of nitrogens with one attached hydrogen (secondary N) is 1. The second-order valence-electron chi connectivity index (χ2n) is 12.5. The highest BCUT2D eigenvalue weighted by atomic mass is 35.5. The third-order valence-electron chi connectivity index (χ3n) is 9.51. The van der Waals surface area contributed by atoms with Crippen LogP contribution in [0.15, 0.2) is 78.9 Å². The van der Waals surface area contributed by atoms with Gasteiger partial charge < -0.3 is 34.4 Å². The molecule has 0 aliphatic carbocycles. The zero-order valence-corrected chi connectivity index (χ0v) is 27.5. The number of unbranched alkanes of at least 4 members (excludes halogenated alkanes) is 1. The summed E-state index contributed by atoms with van der Waals surface area (Å²) in [5.74, 6) is -3.75. The summed E-state index contributed by atoms with van der Waals surface area (Å²) in [6.45, 7) is 0.344. The number of methoxy groups -OCH3 is 1. The quantitative estimate of drug-likeness (QED) is 0.247. The smallest absolute Gasteiger partial charge is 0.313 e. The van der Waals surface area contributed by atoms with Crippen LogP contribution in [-0.2, 0) is 33.4 Å². The van der Waals surface area contributed by atoms with Gasteiger partial charge in [0.05, 0.1) is 24.7 Å². The van der Waals surface area contributed by atoms with Gasteiger partial charge in [0.25, 0.3) is 5.91 Å². The van der Waals surface area contributed by atoms with E-state index in [2.05, 4.69) is 5.32 Å². The van der Waals surface area contributed by atoms with Crippen LogP contribution in [0.5, 0.6) is 0 Å². The first-order chi connectivity index (χ1) is 23.3. The zero-order chi connectivity index (χ0) is 33.8. The minimum absolute atomic E-state index is 0.0651. The molecule has 4 aliphatic heterocycles. The zero-order valence-electron chi connectivity index (χ0n) is 26.7. The van der Waals surface area contributed by atoms with Crippen LogP contribution in [0.2, 0.25) is 5.02 Å². The summed E-state index contributed by atoms with van der Waals surface area (Å²) < 4.78 is 18.2. The van der Waals surface area contributed by atoms with Crippen molar-refractivity contribution in [2.75, 3.05) is 38.3 Å². The number of benzene rings is 2. The Kier molecular flexibility index (Phi) is 10.3. The highest BCUT2D eigenvalue weighted by Gasteiger charge is 2.73. The number of anilines is 1. The Bertz CT molecular complexity index is 1570. The molecule has 4 aliphatic rings. The fourth-order valence-corrected chi connectivity index (χ4v) is 7.47. The Balaban J connectivity index is 1.44. The van der Waals surface area contributed by atoms with Crippen LogP contribution in [0.1, 0.15) is 37.4 Å². The summed E-state index contributed by atoms with van der Waals surface area (Å²) in [5.41, 5.74) is -0.199. The molecule has 7 atom stereocenters. The fraction of sp³-hybridized carbons (Fsp3) is 0.444. The van der Waals surface area contributed by atoms with Gasteiger partial charge in [-0.05, 0) is 49.1 Å². The lowest BCUT2D eigenvalue weighted by Gasteiger charge is -2.36. The molecule has 0 radical (unpaired) electrons. The SMILES string of the molecule is COC[C@@H]1NC(=O)CC/C=C\CN(c2ccc(Cl)cc2)C(=O)[C@H]2N(CCCCO)C(=O)[C@@H]3[C@@H](C(=O)O[C@H]1c1ccccc1)[C@H]1C=C[C@]32O1. The first kappa shape index (κ1) is 33.9. The van der Waals surface area contributed by atoms with E-state index in [-0.39, 0.29) is 50.4 Å². The van der Waals surface area contributed by atoms with Gasteiger partial charge in [0, 0.05) is 43.9 Å². The molecule has 2 aromatic carbocycles. The van der Waals surface area contributed by atoms with Crippen molar-refractivity contribution in [2.24, 2.45) is 11.8 Å². The molecule has 1 spiro atoms. The number of ether oxygens (including phenoxy) is 3. The fourth-order valence-electron chi connectivity index (χ4n) is 7.35. The number of hydrogen-bond donors (Lipinski definition) is 2. The van der Waals surface area contributed by atoms with Gasteiger partial charge in [0.1, 0.15) is 23.7 Å². The molecule has 11 nitrogen and oxygen atoms in total. The lowest BCUT2D eigenvalue weighted by molar-refractivity contribution is -0.162. The van der Waals surface area contributed by atoms with Gasteiger partial charge in [-0.25, -0.2) is 0 Å². The summed E-state index contributed by atoms with van der Waals surface area (Å²) in [6, 6.07) is 14.1. The van der Waals surface area contributed by atoms with Crippen molar-refractivity contribution in [1.29, 1.82) is 0 Å². The normalized spacial score (nSPS) is 31.1. The largest absolute Gasteiger partial charge is 0.455 e. The highest BCUT2D eigenvalue weighted by Crippen LogP contribution is 2.56. The monoisotopic (exact) mass is 677 g/mol. The molecule has 6 rings (SSSR count). The van der Waals surface area contributed by atoms with E-state index in [9.17, 15) is 24.3 Å². The first-order valence-electron chi connectivity index (χ1n) is 16.3. The van der Waals surface area contributed by atoms with Crippen LogP contribution in [0, 0.1) is 11.8 Å². The van der Waals surface area contributed by atoms with E-state index in [1.165, 1.54) is 12.0 Å². The van der Waals surface area contributed by atoms with Crippen molar-refractivity contribution in [3.05, 3.63) is 89.5 Å². The van der Waals surface area contributed by atoms with Gasteiger partial charge in [0.15, 0.2) is 0 Å². The molecule has 2 saturated heterocycles. The van der Waals surface area contributed by atoms with Gasteiger partial charge in [-0.2, -0.15) is 0 Å². The van der Waals surface area contributed by atoms with E-state index in [1.54, 1.807) is 53.5 Å². The van der Waals surface area contributed by atoms with Gasteiger partial charge >= 0.3 is 5.97 Å². The van der Waals surface area contributed by atoms with Crippen LogP contribution < -0.4 is 10.2 Å². The van der Waals surface area contributed by atoms with E-state index >= 15 is 0 Å². The summed E-state index contributed by atoms with van der Waals surface area (Å²) in [5, 5.41) is 13.0. The highest BCUT2D eigenvalue weighted by molar-refractivity contribution is 6.30. The summed E-state index contributed by atoms with van der Waals surface area (Å²) in [7, 11) is 1.51. The number of rotatable bonds is 8. The number of likely N-dealkylation sites (tertiary alicyclic amines) is 1. The molecule has 48 heavy (non-hydrogen) atoms. The van der Waals surface area contributed by atoms with E-state index in [1.807, 2.05) is 30.4 Å². The third kappa shape index (κ3) is 6.39. The van der Waals surface area contributed by atoms with Crippen LogP contribution in [0.3, 0.4) is 0 Å². The predicted molar refractivity (Wildman–Crippen MR) is 177 cm³/mol. The Morgan fingerprint density at radius 3 is 2.52 bits per heavy atom. The number of hydrogen-bond acceptors (Lipinski definition) is 8. The molecule has 0 saturated carbocycles. The second kappa shape index (κ2) is 14.6. The number of fused-ring (bicyclic) bond motifs is 2. The Labute approximate surface area is 284 Å². The van der Waals surface area contributed by atoms with Crippen molar-refractivity contribution in [3.63, 3.8) is 0 Å². The van der Waals surface area contributed by atoms with Crippen LogP contribution in [0.25, 0.3) is 0 Å². The summed E-state index contributed by atoms with van der Waals surface area (Å²) in [6.07, 6.45) is 6.85. The van der Waals surface area contributed by atoms with E-state index in [0.29, 0.717) is 35.5 Å². The van der Waals surface area contributed by atoms with Crippen LogP contribution >= 0.6 is 11.6 Å². The van der Waals surface area contributed by atoms with Crippen molar-refractivity contribution in [1.82, 2.24) is 10.2 Å². The first-order valence-corrected chi connectivity index (χ1v) is 16.7. The minimum atomic E-state index is -1.41. The average Bonchev–Trinajstić information content (AvgIpc) is 3.73. The molecule has 0 unspecified atom stereocenters. The van der Waals surface area contributed by atoms with Crippen molar-refractivity contribution < 1.29 is 38.5 Å².